The van der Waals surface area contributed by atoms with Gasteiger partial charge in [-0.05, 0) is 109 Å². The zero-order chi connectivity index (χ0) is 40.9. The van der Waals surface area contributed by atoms with E-state index in [-0.39, 0.29) is 43.6 Å². The smallest absolute Gasteiger partial charge is 0.323 e. The van der Waals surface area contributed by atoms with Gasteiger partial charge < -0.3 is 19.2 Å². The quantitative estimate of drug-likeness (QED) is 0.0355. The third kappa shape index (κ3) is 21.1. The molecule has 9 heteroatoms. The molecule has 9 nitrogen and oxygen atoms in total. The highest BCUT2D eigenvalue weighted by molar-refractivity contribution is 5.76. The summed E-state index contributed by atoms with van der Waals surface area (Å²) in [5.41, 5.74) is 0.836. The Kier molecular flexibility index (Phi) is 25.6. The average Bonchev–Trinajstić information content (AvgIpc) is 3.75. The molecule has 0 aliphatic heterocycles. The van der Waals surface area contributed by atoms with E-state index in [0.717, 1.165) is 87.7 Å². The number of H-pyrrole nitrogens is 1. The summed E-state index contributed by atoms with van der Waals surface area (Å²) >= 11 is 0. The Bertz CT molecular complexity index is 1250. The summed E-state index contributed by atoms with van der Waals surface area (Å²) < 4.78 is 17.4. The van der Waals surface area contributed by atoms with E-state index in [1.807, 2.05) is 19.0 Å². The summed E-state index contributed by atoms with van der Waals surface area (Å²) in [5.74, 6) is 1.10. The van der Waals surface area contributed by atoms with E-state index in [2.05, 4.69) is 48.1 Å². The number of hydrogen-bond donors (Lipinski definition) is 1. The van der Waals surface area contributed by atoms with Crippen molar-refractivity contribution < 1.29 is 28.6 Å². The first-order valence-electron chi connectivity index (χ1n) is 23.2. The van der Waals surface area contributed by atoms with E-state index < -0.39 is 12.0 Å². The second kappa shape index (κ2) is 30.2. The molecular formula is C48H81N3O6. The number of allylic oxidation sites excluding steroid dienone is 4. The lowest BCUT2D eigenvalue weighted by Gasteiger charge is -2.37. The largest absolute Gasteiger partial charge is 0.465 e. The van der Waals surface area contributed by atoms with Crippen molar-refractivity contribution in [3.8, 4) is 0 Å². The molecule has 1 heterocycles. The van der Waals surface area contributed by atoms with Crippen molar-refractivity contribution in [2.45, 2.75) is 180 Å². The number of esters is 3. The summed E-state index contributed by atoms with van der Waals surface area (Å²) in [4.78, 5) is 48.2. The van der Waals surface area contributed by atoms with Crippen LogP contribution in [-0.2, 0) is 35.0 Å². The SMILES string of the molecule is CCCCC/C=C\C/C=C\CCCCCCCC(=O)OCC(COC(=O)C1CCC(C2CCC(CCCCC)CC2)CC1)COC(=O)[C@H](Cc1cnc[nH]1)N(C)C. The zero-order valence-electron chi connectivity index (χ0n) is 36.6. The lowest BCUT2D eigenvalue weighted by molar-refractivity contribution is -0.158. The fourth-order valence-corrected chi connectivity index (χ4v) is 8.66. The number of nitrogens with zero attached hydrogens (tertiary/aromatic N) is 2. The van der Waals surface area contributed by atoms with Gasteiger partial charge in [0.05, 0.1) is 18.2 Å². The van der Waals surface area contributed by atoms with Crippen LogP contribution in [0.15, 0.2) is 36.8 Å². The van der Waals surface area contributed by atoms with Gasteiger partial charge in [-0.3, -0.25) is 19.3 Å². The molecule has 0 radical (unpaired) electrons. The number of carbonyl (C=O) groups is 3. The monoisotopic (exact) mass is 796 g/mol. The number of hydrogen-bond acceptors (Lipinski definition) is 8. The van der Waals surface area contributed by atoms with E-state index in [0.29, 0.717) is 12.8 Å². The fraction of sp³-hybridized carbons (Fsp3) is 0.792. The van der Waals surface area contributed by atoms with Gasteiger partial charge in [0.1, 0.15) is 25.9 Å². The molecule has 1 unspecified atom stereocenters. The first kappa shape index (κ1) is 48.4. The Labute approximate surface area is 346 Å². The van der Waals surface area contributed by atoms with Crippen molar-refractivity contribution in [1.82, 2.24) is 14.9 Å². The summed E-state index contributed by atoms with van der Waals surface area (Å²) in [6.45, 7) is 4.62. The molecule has 324 valence electrons. The van der Waals surface area contributed by atoms with E-state index in [1.165, 1.54) is 83.5 Å². The van der Waals surface area contributed by atoms with Gasteiger partial charge in [0.25, 0.3) is 0 Å². The number of imidazole rings is 1. The molecule has 1 aromatic rings. The number of nitrogens with one attached hydrogen (secondary N) is 1. The van der Waals surface area contributed by atoms with Gasteiger partial charge in [0, 0.05) is 24.7 Å². The van der Waals surface area contributed by atoms with E-state index in [4.69, 9.17) is 14.2 Å². The number of carbonyl (C=O) groups excluding carboxylic acids is 3. The van der Waals surface area contributed by atoms with Crippen molar-refractivity contribution in [3.63, 3.8) is 0 Å². The molecule has 2 fully saturated rings. The van der Waals surface area contributed by atoms with Crippen LogP contribution < -0.4 is 0 Å². The van der Waals surface area contributed by atoms with Crippen LogP contribution in [0.25, 0.3) is 0 Å². The minimum Gasteiger partial charge on any atom is -0.465 e. The lowest BCUT2D eigenvalue weighted by Crippen LogP contribution is -2.40. The van der Waals surface area contributed by atoms with Gasteiger partial charge >= 0.3 is 17.9 Å². The number of aromatic amines is 1. The standard InChI is InChI=1S/C48H81N3O6/c1-5-7-9-10-11-12-13-14-15-16-17-18-19-20-22-24-46(52)55-35-40(37-57-48(54)45(51(3)4)33-44-34-49-38-50-44)36-56-47(53)43-31-29-42(30-32-43)41-27-25-39(26-28-41)23-21-8-6-2/h11-12,14-15,34,38-43,45H,5-10,13,16-33,35-37H2,1-4H3,(H,49,50)/b12-11-,15-14-/t39?,40?,41?,42?,43?,45-/m0/s1. The van der Waals surface area contributed by atoms with Crippen molar-refractivity contribution in [2.75, 3.05) is 33.9 Å². The highest BCUT2D eigenvalue weighted by Crippen LogP contribution is 2.42. The van der Waals surface area contributed by atoms with Gasteiger partial charge in [-0.15, -0.1) is 0 Å². The number of rotatable bonds is 30. The molecule has 2 aliphatic rings. The second-order valence-electron chi connectivity index (χ2n) is 17.4. The Hall–Kier alpha value is -2.94. The van der Waals surface area contributed by atoms with Crippen molar-refractivity contribution in [2.24, 2.45) is 29.6 Å². The predicted octanol–water partition coefficient (Wildman–Crippen LogP) is 11.1. The first-order valence-corrected chi connectivity index (χ1v) is 23.2. The molecule has 3 rings (SSSR count). The molecular weight excluding hydrogens is 715 g/mol. The van der Waals surface area contributed by atoms with Crippen LogP contribution in [0.1, 0.15) is 174 Å². The van der Waals surface area contributed by atoms with E-state index >= 15 is 0 Å². The summed E-state index contributed by atoms with van der Waals surface area (Å²) in [6, 6.07) is -0.513. The molecule has 1 N–H and O–H groups in total. The minimum atomic E-state index is -0.513. The van der Waals surface area contributed by atoms with Crippen molar-refractivity contribution in [3.05, 3.63) is 42.5 Å². The highest BCUT2D eigenvalue weighted by atomic mass is 16.6. The van der Waals surface area contributed by atoms with Crippen molar-refractivity contribution in [1.29, 1.82) is 0 Å². The predicted molar refractivity (Wildman–Crippen MR) is 231 cm³/mol. The molecule has 0 bridgehead atoms. The summed E-state index contributed by atoms with van der Waals surface area (Å²) in [5, 5.41) is 0. The Morgan fingerprint density at radius 1 is 0.737 bits per heavy atom. The second-order valence-corrected chi connectivity index (χ2v) is 17.4. The maximum Gasteiger partial charge on any atom is 0.323 e. The van der Waals surface area contributed by atoms with Gasteiger partial charge in [-0.25, -0.2) is 4.98 Å². The van der Waals surface area contributed by atoms with Gasteiger partial charge in [0.2, 0.25) is 0 Å². The summed E-state index contributed by atoms with van der Waals surface area (Å²) in [7, 11) is 3.68. The molecule has 2 aliphatic carbocycles. The van der Waals surface area contributed by atoms with Gasteiger partial charge in [-0.2, -0.15) is 0 Å². The lowest BCUT2D eigenvalue weighted by atomic mass is 9.68. The maximum absolute atomic E-state index is 13.3. The molecule has 1 aromatic heterocycles. The number of likely N-dealkylation sites (N-methyl/N-ethyl adjacent to an activating group) is 1. The minimum absolute atomic E-state index is 0.00423. The molecule has 0 spiro atoms. The number of unbranched alkanes of at least 4 members (excludes halogenated alkanes) is 10. The maximum atomic E-state index is 13.3. The average molecular weight is 796 g/mol. The van der Waals surface area contributed by atoms with E-state index in [1.54, 1.807) is 12.5 Å². The Balaban J connectivity index is 1.38. The third-order valence-corrected chi connectivity index (χ3v) is 12.5. The van der Waals surface area contributed by atoms with Crippen LogP contribution in [0.2, 0.25) is 0 Å². The Morgan fingerprint density at radius 2 is 1.33 bits per heavy atom. The topological polar surface area (TPSA) is 111 Å². The van der Waals surface area contributed by atoms with Crippen LogP contribution in [-0.4, -0.2) is 72.7 Å². The van der Waals surface area contributed by atoms with E-state index in [9.17, 15) is 14.4 Å². The molecule has 2 saturated carbocycles. The Morgan fingerprint density at radius 3 is 1.98 bits per heavy atom. The summed E-state index contributed by atoms with van der Waals surface area (Å²) in [6.07, 6.45) is 40.4. The highest BCUT2D eigenvalue weighted by Gasteiger charge is 2.34. The van der Waals surface area contributed by atoms with Crippen molar-refractivity contribution >= 4 is 17.9 Å². The van der Waals surface area contributed by atoms with Gasteiger partial charge in [-0.1, -0.05) is 109 Å². The van der Waals surface area contributed by atoms with Crippen LogP contribution in [0.4, 0.5) is 0 Å². The van der Waals surface area contributed by atoms with Crippen LogP contribution in [0, 0.1) is 29.6 Å². The molecule has 0 aromatic carbocycles. The molecule has 57 heavy (non-hydrogen) atoms. The molecule has 0 saturated heterocycles. The normalized spacial score (nSPS) is 21.2. The number of ether oxygens (including phenoxy) is 3. The van der Waals surface area contributed by atoms with Gasteiger partial charge in [0.15, 0.2) is 0 Å². The fourth-order valence-electron chi connectivity index (χ4n) is 8.66. The molecule has 0 amide bonds. The number of aromatic nitrogens is 2. The van der Waals surface area contributed by atoms with Crippen LogP contribution in [0.3, 0.4) is 0 Å². The third-order valence-electron chi connectivity index (χ3n) is 12.5. The first-order chi connectivity index (χ1) is 27.8. The van der Waals surface area contributed by atoms with Crippen LogP contribution in [0.5, 0.6) is 0 Å². The van der Waals surface area contributed by atoms with Crippen LogP contribution >= 0.6 is 0 Å². The molecule has 2 atom stereocenters. The zero-order valence-corrected chi connectivity index (χ0v) is 36.6.